The molecular weight excluding hydrogens is 524 g/mol. The van der Waals surface area contributed by atoms with Crippen LogP contribution in [0, 0.1) is 0 Å². The smallest absolute Gasteiger partial charge is 0.381 e. The molecule has 1 amide bonds. The van der Waals surface area contributed by atoms with Crippen molar-refractivity contribution < 1.29 is 27.1 Å². The summed E-state index contributed by atoms with van der Waals surface area (Å²) < 4.78 is 59.7. The van der Waals surface area contributed by atoms with Crippen LogP contribution in [0.3, 0.4) is 0 Å². The van der Waals surface area contributed by atoms with Crippen molar-refractivity contribution in [2.75, 3.05) is 26.3 Å². The number of hydrogen-bond donors (Lipinski definition) is 1. The molecule has 0 aliphatic carbocycles. The summed E-state index contributed by atoms with van der Waals surface area (Å²) in [5.41, 5.74) is 2.14. The van der Waals surface area contributed by atoms with E-state index < -0.39 is 17.9 Å². The molecule has 40 heavy (non-hydrogen) atoms. The van der Waals surface area contributed by atoms with E-state index in [9.17, 15) is 22.4 Å². The van der Waals surface area contributed by atoms with Gasteiger partial charge in [-0.2, -0.15) is 13.2 Å². The van der Waals surface area contributed by atoms with E-state index in [-0.39, 0.29) is 30.1 Å². The van der Waals surface area contributed by atoms with Crippen LogP contribution in [0.4, 0.5) is 17.6 Å². The number of ether oxygens (including phenoxy) is 1. The molecule has 0 spiro atoms. The average Bonchev–Trinajstić information content (AvgIpc) is 3.37. The third kappa shape index (κ3) is 6.67. The third-order valence-electron chi connectivity index (χ3n) is 7.61. The van der Waals surface area contributed by atoms with Gasteiger partial charge in [-0.1, -0.05) is 30.3 Å². The average molecular weight is 557 g/mol. The van der Waals surface area contributed by atoms with Gasteiger partial charge in [0, 0.05) is 45.0 Å². The molecule has 2 aliphatic rings. The largest absolute Gasteiger partial charge is 0.416 e. The first-order valence-electron chi connectivity index (χ1n) is 13.6. The van der Waals surface area contributed by atoms with Crippen molar-refractivity contribution in [3.8, 4) is 11.1 Å². The van der Waals surface area contributed by atoms with Gasteiger partial charge in [-0.15, -0.1) is 0 Å². The van der Waals surface area contributed by atoms with Gasteiger partial charge in [0.15, 0.2) is 0 Å². The Morgan fingerprint density at radius 2 is 1.85 bits per heavy atom. The first kappa shape index (κ1) is 28.2. The summed E-state index contributed by atoms with van der Waals surface area (Å²) in [4.78, 5) is 23.7. The molecule has 0 unspecified atom stereocenters. The van der Waals surface area contributed by atoms with Gasteiger partial charge in [0.2, 0.25) is 0 Å². The number of aromatic nitrogens is 2. The number of amides is 1. The van der Waals surface area contributed by atoms with Crippen molar-refractivity contribution >= 4 is 5.91 Å². The van der Waals surface area contributed by atoms with E-state index in [1.165, 1.54) is 6.07 Å². The Balaban J connectivity index is 1.31. The molecule has 10 heteroatoms. The van der Waals surface area contributed by atoms with E-state index in [2.05, 4.69) is 15.3 Å². The maximum atomic E-state index is 13.7. The molecule has 2 fully saturated rings. The Kier molecular flexibility index (Phi) is 8.46. The van der Waals surface area contributed by atoms with Gasteiger partial charge in [-0.3, -0.25) is 9.69 Å². The second-order valence-electron chi connectivity index (χ2n) is 10.5. The molecule has 2 saturated heterocycles. The summed E-state index contributed by atoms with van der Waals surface area (Å²) in [7, 11) is 0. The number of nitrogens with zero attached hydrogens (tertiary/aromatic N) is 3. The van der Waals surface area contributed by atoms with Gasteiger partial charge in [0.05, 0.1) is 11.6 Å². The monoisotopic (exact) mass is 556 g/mol. The summed E-state index contributed by atoms with van der Waals surface area (Å²) in [6.45, 7) is 4.35. The fourth-order valence-electron chi connectivity index (χ4n) is 5.29. The molecular formula is C30H32F4N4O2. The van der Waals surface area contributed by atoms with Gasteiger partial charge in [0.1, 0.15) is 17.7 Å². The lowest BCUT2D eigenvalue weighted by molar-refractivity contribution is -0.137. The molecule has 6 nitrogen and oxygen atoms in total. The summed E-state index contributed by atoms with van der Waals surface area (Å²) in [6.07, 6.45) is -1.74. The Hall–Kier alpha value is -3.37. The molecule has 3 aromatic rings. The van der Waals surface area contributed by atoms with Gasteiger partial charge in [0.25, 0.3) is 5.91 Å². The zero-order valence-corrected chi connectivity index (χ0v) is 22.3. The highest BCUT2D eigenvalue weighted by Crippen LogP contribution is 2.35. The van der Waals surface area contributed by atoms with Crippen molar-refractivity contribution in [3.63, 3.8) is 0 Å². The maximum absolute atomic E-state index is 13.7. The number of alkyl halides is 4. The molecule has 2 aliphatic heterocycles. The zero-order chi connectivity index (χ0) is 28.3. The molecule has 0 radical (unpaired) electrons. The topological polar surface area (TPSA) is 67.3 Å². The van der Waals surface area contributed by atoms with Crippen molar-refractivity contribution in [2.45, 2.75) is 57.0 Å². The lowest BCUT2D eigenvalue weighted by atomic mass is 9.95. The van der Waals surface area contributed by atoms with E-state index in [0.29, 0.717) is 55.2 Å². The molecule has 1 aromatic heterocycles. The molecule has 0 saturated carbocycles. The minimum Gasteiger partial charge on any atom is -0.381 e. The quantitative estimate of drug-likeness (QED) is 0.357. The van der Waals surface area contributed by atoms with Gasteiger partial charge in [-0.05, 0) is 66.6 Å². The van der Waals surface area contributed by atoms with E-state index >= 15 is 0 Å². The Bertz CT molecular complexity index is 1330. The van der Waals surface area contributed by atoms with Crippen LogP contribution in [0.2, 0.25) is 0 Å². The molecule has 212 valence electrons. The van der Waals surface area contributed by atoms with Crippen LogP contribution in [-0.2, 0) is 17.5 Å². The molecule has 0 bridgehead atoms. The normalized spacial score (nSPS) is 19.5. The van der Waals surface area contributed by atoms with Crippen molar-refractivity contribution in [3.05, 3.63) is 82.9 Å². The molecule has 2 aromatic carbocycles. The number of hydrogen-bond acceptors (Lipinski definition) is 5. The predicted molar refractivity (Wildman–Crippen MR) is 142 cm³/mol. The maximum Gasteiger partial charge on any atom is 0.416 e. The highest BCUT2D eigenvalue weighted by molar-refractivity contribution is 5.92. The molecule has 5 rings (SSSR count). The molecule has 3 heterocycles. The number of carbonyl (C=O) groups excluding carboxylic acids is 1. The predicted octanol–water partition coefficient (Wildman–Crippen LogP) is 6.09. The standard InChI is InChI=1S/C30H32F4N4O2/c1-19(36-29(39)27-8-12-35-28(37-27)22-10-14-40-15-11-22)20-2-4-21(5-3-20)26-16-24(30(32,33)34)7-6-23(26)17-38-13-9-25(31)18-38/h2-8,12,16,19,22,25H,9-11,13-15,17-18H2,1H3,(H,36,39)/t19-,25+/m1/s1. The van der Waals surface area contributed by atoms with Crippen LogP contribution >= 0.6 is 0 Å². The Morgan fingerprint density at radius 1 is 1.10 bits per heavy atom. The summed E-state index contributed by atoms with van der Waals surface area (Å²) in [5, 5.41) is 2.95. The van der Waals surface area contributed by atoms with E-state index in [4.69, 9.17) is 4.74 Å². The number of benzene rings is 2. The summed E-state index contributed by atoms with van der Waals surface area (Å²) in [6, 6.07) is 12.0. The second-order valence-corrected chi connectivity index (χ2v) is 10.5. The lowest BCUT2D eigenvalue weighted by Gasteiger charge is -2.21. The van der Waals surface area contributed by atoms with E-state index in [1.54, 1.807) is 36.5 Å². The van der Waals surface area contributed by atoms with E-state index in [0.717, 1.165) is 30.5 Å². The summed E-state index contributed by atoms with van der Waals surface area (Å²) >= 11 is 0. The highest BCUT2D eigenvalue weighted by atomic mass is 19.4. The SMILES string of the molecule is C[C@@H](NC(=O)c1ccnc(C2CCOCC2)n1)c1ccc(-c2cc(C(F)(F)F)ccc2CN2CC[C@H](F)C2)cc1. The van der Waals surface area contributed by atoms with Crippen molar-refractivity contribution in [1.82, 2.24) is 20.2 Å². The zero-order valence-electron chi connectivity index (χ0n) is 22.3. The van der Waals surface area contributed by atoms with Crippen molar-refractivity contribution in [2.24, 2.45) is 0 Å². The van der Waals surface area contributed by atoms with Crippen LogP contribution in [0.1, 0.15) is 71.1 Å². The molecule has 1 N–H and O–H groups in total. The van der Waals surface area contributed by atoms with Gasteiger partial charge < -0.3 is 10.1 Å². The first-order chi connectivity index (χ1) is 19.2. The minimum atomic E-state index is -4.48. The van der Waals surface area contributed by atoms with Crippen LogP contribution < -0.4 is 5.32 Å². The minimum absolute atomic E-state index is 0.163. The first-order valence-corrected chi connectivity index (χ1v) is 13.6. The number of rotatable bonds is 7. The second kappa shape index (κ2) is 12.0. The van der Waals surface area contributed by atoms with Crippen LogP contribution in [-0.4, -0.2) is 53.2 Å². The number of likely N-dealkylation sites (tertiary alicyclic amines) is 1. The third-order valence-corrected chi connectivity index (χ3v) is 7.61. The molecule has 2 atom stereocenters. The highest BCUT2D eigenvalue weighted by Gasteiger charge is 2.32. The summed E-state index contributed by atoms with van der Waals surface area (Å²) in [5.74, 6) is 0.473. The van der Waals surface area contributed by atoms with Gasteiger partial charge >= 0.3 is 6.18 Å². The van der Waals surface area contributed by atoms with E-state index in [1.807, 2.05) is 11.8 Å². The Labute approximate surface area is 230 Å². The Morgan fingerprint density at radius 3 is 2.52 bits per heavy atom. The van der Waals surface area contributed by atoms with Crippen molar-refractivity contribution in [1.29, 1.82) is 0 Å². The van der Waals surface area contributed by atoms with Crippen LogP contribution in [0.15, 0.2) is 54.7 Å². The van der Waals surface area contributed by atoms with Crippen LogP contribution in [0.5, 0.6) is 0 Å². The fraction of sp³-hybridized carbons (Fsp3) is 0.433. The van der Waals surface area contributed by atoms with Gasteiger partial charge in [-0.25, -0.2) is 14.4 Å². The number of nitrogens with one attached hydrogen (secondary N) is 1. The fourth-order valence-corrected chi connectivity index (χ4v) is 5.29. The number of carbonyl (C=O) groups is 1. The van der Waals surface area contributed by atoms with Crippen LogP contribution in [0.25, 0.3) is 11.1 Å². The number of halogens is 4. The lowest BCUT2D eigenvalue weighted by Crippen LogP contribution is -2.28.